The SMILES string of the molecule is C1CCC(COC2CCNCC2)CC1.O=C(O)C(F)(F)F. The van der Waals surface area contributed by atoms with E-state index in [9.17, 15) is 13.2 Å². The van der Waals surface area contributed by atoms with Crippen LogP contribution in [0.25, 0.3) is 0 Å². The maximum absolute atomic E-state index is 10.6. The molecule has 2 N–H and O–H groups in total. The van der Waals surface area contributed by atoms with E-state index in [4.69, 9.17) is 14.6 Å². The number of ether oxygens (including phenoxy) is 1. The third kappa shape index (κ3) is 8.26. The van der Waals surface area contributed by atoms with Crippen LogP contribution in [0.5, 0.6) is 0 Å². The van der Waals surface area contributed by atoms with Crippen molar-refractivity contribution in [1.29, 1.82) is 0 Å². The predicted octanol–water partition coefficient (Wildman–Crippen LogP) is 2.97. The molecule has 1 aliphatic heterocycles. The summed E-state index contributed by atoms with van der Waals surface area (Å²) >= 11 is 0. The van der Waals surface area contributed by atoms with Crippen LogP contribution in [0.2, 0.25) is 0 Å². The molecule has 7 heteroatoms. The Hall–Kier alpha value is -0.820. The molecule has 0 radical (unpaired) electrons. The Morgan fingerprint density at radius 1 is 1.10 bits per heavy atom. The molecule has 0 spiro atoms. The van der Waals surface area contributed by atoms with Gasteiger partial charge in [-0.1, -0.05) is 19.3 Å². The van der Waals surface area contributed by atoms with Gasteiger partial charge in [0.2, 0.25) is 0 Å². The lowest BCUT2D eigenvalue weighted by Gasteiger charge is -2.27. The van der Waals surface area contributed by atoms with E-state index in [1.807, 2.05) is 0 Å². The first-order chi connectivity index (χ1) is 9.89. The van der Waals surface area contributed by atoms with Gasteiger partial charge in [-0.15, -0.1) is 0 Å². The standard InChI is InChI=1S/C12H23NO.C2HF3O2/c1-2-4-11(5-3-1)10-14-12-6-8-13-9-7-12;3-2(4,5)1(6)7/h11-13H,1-10H2;(H,6,7). The third-order valence-electron chi connectivity index (χ3n) is 3.82. The zero-order chi connectivity index (χ0) is 15.7. The second kappa shape index (κ2) is 9.25. The summed E-state index contributed by atoms with van der Waals surface area (Å²) in [6.07, 6.45) is 5.03. The summed E-state index contributed by atoms with van der Waals surface area (Å²) < 4.78 is 37.7. The normalized spacial score (nSPS) is 21.5. The Kier molecular flexibility index (Phi) is 8.03. The van der Waals surface area contributed by atoms with Crippen LogP contribution >= 0.6 is 0 Å². The number of carboxylic acids is 1. The number of piperidine rings is 1. The summed E-state index contributed by atoms with van der Waals surface area (Å²) in [7, 11) is 0. The summed E-state index contributed by atoms with van der Waals surface area (Å²) in [5.41, 5.74) is 0. The van der Waals surface area contributed by atoms with Crippen molar-refractivity contribution in [2.24, 2.45) is 5.92 Å². The molecule has 0 bridgehead atoms. The highest BCUT2D eigenvalue weighted by Gasteiger charge is 2.38. The van der Waals surface area contributed by atoms with Gasteiger partial charge < -0.3 is 15.2 Å². The molecule has 1 heterocycles. The van der Waals surface area contributed by atoms with Crippen molar-refractivity contribution in [3.05, 3.63) is 0 Å². The lowest BCUT2D eigenvalue weighted by Crippen LogP contribution is -2.33. The molecule has 0 unspecified atom stereocenters. The number of nitrogens with one attached hydrogen (secondary N) is 1. The largest absolute Gasteiger partial charge is 0.490 e. The number of carbonyl (C=O) groups is 1. The fourth-order valence-corrected chi connectivity index (χ4v) is 2.59. The number of halogens is 3. The molecular weight excluding hydrogens is 287 g/mol. The fourth-order valence-electron chi connectivity index (χ4n) is 2.59. The van der Waals surface area contributed by atoms with Crippen molar-refractivity contribution in [2.75, 3.05) is 19.7 Å². The highest BCUT2D eigenvalue weighted by atomic mass is 19.4. The van der Waals surface area contributed by atoms with Crippen LogP contribution in [0.15, 0.2) is 0 Å². The molecule has 124 valence electrons. The van der Waals surface area contributed by atoms with Crippen LogP contribution in [0.3, 0.4) is 0 Å². The van der Waals surface area contributed by atoms with Crippen LogP contribution in [-0.2, 0) is 9.53 Å². The Morgan fingerprint density at radius 3 is 2.10 bits per heavy atom. The van der Waals surface area contributed by atoms with Crippen molar-refractivity contribution < 1.29 is 27.8 Å². The van der Waals surface area contributed by atoms with Crippen molar-refractivity contribution in [3.8, 4) is 0 Å². The van der Waals surface area contributed by atoms with Crippen LogP contribution < -0.4 is 5.32 Å². The second-order valence-electron chi connectivity index (χ2n) is 5.59. The van der Waals surface area contributed by atoms with Crippen LogP contribution in [0.4, 0.5) is 13.2 Å². The zero-order valence-corrected chi connectivity index (χ0v) is 12.1. The molecule has 0 aromatic heterocycles. The van der Waals surface area contributed by atoms with Crippen molar-refractivity contribution in [2.45, 2.75) is 57.2 Å². The molecule has 0 atom stereocenters. The lowest BCUT2D eigenvalue weighted by atomic mass is 9.90. The van der Waals surface area contributed by atoms with Crippen LogP contribution in [0.1, 0.15) is 44.9 Å². The number of alkyl halides is 3. The third-order valence-corrected chi connectivity index (χ3v) is 3.82. The maximum atomic E-state index is 10.6. The highest BCUT2D eigenvalue weighted by Crippen LogP contribution is 2.24. The minimum atomic E-state index is -5.08. The maximum Gasteiger partial charge on any atom is 0.490 e. The van der Waals surface area contributed by atoms with Gasteiger partial charge in [-0.05, 0) is 44.7 Å². The Balaban J connectivity index is 0.000000270. The van der Waals surface area contributed by atoms with Gasteiger partial charge in [0, 0.05) is 6.61 Å². The number of hydrogen-bond acceptors (Lipinski definition) is 3. The zero-order valence-electron chi connectivity index (χ0n) is 12.1. The molecule has 1 aliphatic carbocycles. The van der Waals surface area contributed by atoms with Gasteiger partial charge in [0.05, 0.1) is 6.10 Å². The van der Waals surface area contributed by atoms with E-state index in [1.54, 1.807) is 0 Å². The van der Waals surface area contributed by atoms with Gasteiger partial charge in [0.15, 0.2) is 0 Å². The first-order valence-corrected chi connectivity index (χ1v) is 7.52. The summed E-state index contributed by atoms with van der Waals surface area (Å²) in [6, 6.07) is 0. The smallest absolute Gasteiger partial charge is 0.475 e. The average Bonchev–Trinajstić information content (AvgIpc) is 2.47. The van der Waals surface area contributed by atoms with E-state index in [2.05, 4.69) is 5.32 Å². The van der Waals surface area contributed by atoms with Crippen molar-refractivity contribution >= 4 is 5.97 Å². The summed E-state index contributed by atoms with van der Waals surface area (Å²) in [4.78, 5) is 8.90. The monoisotopic (exact) mass is 311 g/mol. The molecule has 2 fully saturated rings. The quantitative estimate of drug-likeness (QED) is 0.841. The first kappa shape index (κ1) is 18.2. The number of rotatable bonds is 3. The summed E-state index contributed by atoms with van der Waals surface area (Å²) in [5.74, 6) is -1.88. The van der Waals surface area contributed by atoms with E-state index in [-0.39, 0.29) is 0 Å². The average molecular weight is 311 g/mol. The van der Waals surface area contributed by atoms with E-state index in [1.165, 1.54) is 44.9 Å². The van der Waals surface area contributed by atoms with Gasteiger partial charge in [-0.25, -0.2) is 4.79 Å². The van der Waals surface area contributed by atoms with Crippen LogP contribution in [-0.4, -0.2) is 43.1 Å². The van der Waals surface area contributed by atoms with Crippen LogP contribution in [0, 0.1) is 5.92 Å². The number of carboxylic acid groups (broad SMARTS) is 1. The molecule has 1 saturated heterocycles. The highest BCUT2D eigenvalue weighted by molar-refractivity contribution is 5.73. The van der Waals surface area contributed by atoms with E-state index in [0.717, 1.165) is 25.6 Å². The van der Waals surface area contributed by atoms with Gasteiger partial charge in [-0.2, -0.15) is 13.2 Å². The van der Waals surface area contributed by atoms with Gasteiger partial charge >= 0.3 is 12.1 Å². The first-order valence-electron chi connectivity index (χ1n) is 7.52. The molecule has 0 aromatic carbocycles. The molecule has 4 nitrogen and oxygen atoms in total. The van der Waals surface area contributed by atoms with E-state index in [0.29, 0.717) is 6.10 Å². The van der Waals surface area contributed by atoms with Gasteiger partial charge in [0.1, 0.15) is 0 Å². The van der Waals surface area contributed by atoms with Crippen molar-refractivity contribution in [1.82, 2.24) is 5.32 Å². The molecule has 1 saturated carbocycles. The Bertz CT molecular complexity index is 280. The molecule has 21 heavy (non-hydrogen) atoms. The minimum absolute atomic E-state index is 0.554. The molecule has 2 rings (SSSR count). The van der Waals surface area contributed by atoms with Gasteiger partial charge in [-0.3, -0.25) is 0 Å². The Morgan fingerprint density at radius 2 is 1.62 bits per heavy atom. The second-order valence-corrected chi connectivity index (χ2v) is 5.59. The Labute approximate surface area is 123 Å². The minimum Gasteiger partial charge on any atom is -0.475 e. The topological polar surface area (TPSA) is 58.6 Å². The molecular formula is C14H24F3NO3. The summed E-state index contributed by atoms with van der Waals surface area (Å²) in [6.45, 7) is 3.33. The summed E-state index contributed by atoms with van der Waals surface area (Å²) in [5, 5.41) is 10.5. The fraction of sp³-hybridized carbons (Fsp3) is 0.929. The number of aliphatic carboxylic acids is 1. The molecule has 0 amide bonds. The van der Waals surface area contributed by atoms with E-state index < -0.39 is 12.1 Å². The van der Waals surface area contributed by atoms with E-state index >= 15 is 0 Å². The van der Waals surface area contributed by atoms with Crippen molar-refractivity contribution in [3.63, 3.8) is 0 Å². The lowest BCUT2D eigenvalue weighted by molar-refractivity contribution is -0.192. The number of hydrogen-bond donors (Lipinski definition) is 2. The van der Waals surface area contributed by atoms with Gasteiger partial charge in [0.25, 0.3) is 0 Å². The molecule has 2 aliphatic rings. The predicted molar refractivity (Wildman–Crippen MR) is 72.1 cm³/mol. The molecule has 0 aromatic rings.